The second kappa shape index (κ2) is 5.49. The predicted molar refractivity (Wildman–Crippen MR) is 84.4 cm³/mol. The number of fused-ring (bicyclic) bond motifs is 5. The Balaban J connectivity index is 1.53. The number of hydrogen-bond acceptors (Lipinski definition) is 4. The van der Waals surface area contributed by atoms with Gasteiger partial charge in [0.15, 0.2) is 0 Å². The molecule has 1 heterocycles. The van der Waals surface area contributed by atoms with E-state index in [1.165, 1.54) is 26.2 Å². The van der Waals surface area contributed by atoms with Gasteiger partial charge in [-0.3, -0.25) is 9.59 Å². The maximum atomic E-state index is 11.6. The van der Waals surface area contributed by atoms with E-state index in [2.05, 4.69) is 6.92 Å². The minimum absolute atomic E-state index is 0.00105. The highest BCUT2D eigenvalue weighted by Gasteiger charge is 2.58. The first-order valence-corrected chi connectivity index (χ1v) is 9.36. The molecule has 1 aliphatic heterocycles. The molecule has 0 N–H and O–H groups in total. The van der Waals surface area contributed by atoms with Crippen LogP contribution in [0.25, 0.3) is 0 Å². The van der Waals surface area contributed by atoms with Crippen LogP contribution in [0.2, 0.25) is 0 Å². The van der Waals surface area contributed by atoms with Gasteiger partial charge in [0.1, 0.15) is 12.2 Å². The summed E-state index contributed by atoms with van der Waals surface area (Å²) in [4.78, 5) is 23.0. The van der Waals surface area contributed by atoms with E-state index in [1.54, 1.807) is 0 Å². The average Bonchev–Trinajstić information content (AvgIpc) is 2.83. The van der Waals surface area contributed by atoms with E-state index in [0.29, 0.717) is 24.2 Å². The Morgan fingerprint density at radius 1 is 1.09 bits per heavy atom. The van der Waals surface area contributed by atoms with Crippen molar-refractivity contribution in [2.24, 2.45) is 29.1 Å². The summed E-state index contributed by atoms with van der Waals surface area (Å²) in [5.74, 6) is 2.54. The minimum atomic E-state index is -0.137. The highest BCUT2D eigenvalue weighted by atomic mass is 16.5. The second-order valence-electron chi connectivity index (χ2n) is 8.46. The van der Waals surface area contributed by atoms with Crippen LogP contribution in [0.15, 0.2) is 0 Å². The van der Waals surface area contributed by atoms with Crippen molar-refractivity contribution >= 4 is 11.9 Å². The maximum absolute atomic E-state index is 11.6. The molecule has 4 rings (SSSR count). The van der Waals surface area contributed by atoms with E-state index < -0.39 is 0 Å². The summed E-state index contributed by atoms with van der Waals surface area (Å²) in [6.45, 7) is 3.88. The normalized spacial score (nSPS) is 48.7. The van der Waals surface area contributed by atoms with Crippen molar-refractivity contribution in [3.8, 4) is 0 Å². The SMILES string of the molecule is CC(=O)O[C@@H]1CC[C@@H]2[C@H]3CC[C@H]4OC(=O)CC[C@@H]4[C@@H]3CC[C@@]21C. The topological polar surface area (TPSA) is 52.6 Å². The first-order valence-electron chi connectivity index (χ1n) is 9.36. The Morgan fingerprint density at radius 2 is 1.91 bits per heavy atom. The van der Waals surface area contributed by atoms with Crippen LogP contribution < -0.4 is 0 Å². The average molecular weight is 320 g/mol. The van der Waals surface area contributed by atoms with Gasteiger partial charge in [-0.1, -0.05) is 6.92 Å². The molecule has 7 atom stereocenters. The van der Waals surface area contributed by atoms with E-state index in [1.807, 2.05) is 0 Å². The van der Waals surface area contributed by atoms with E-state index in [-0.39, 0.29) is 29.6 Å². The minimum Gasteiger partial charge on any atom is -0.462 e. The van der Waals surface area contributed by atoms with Crippen LogP contribution in [0.1, 0.15) is 65.2 Å². The Labute approximate surface area is 138 Å². The van der Waals surface area contributed by atoms with Gasteiger partial charge >= 0.3 is 11.9 Å². The quantitative estimate of drug-likeness (QED) is 0.694. The fourth-order valence-electron chi connectivity index (χ4n) is 6.51. The zero-order chi connectivity index (χ0) is 16.2. The van der Waals surface area contributed by atoms with Gasteiger partial charge in [-0.05, 0) is 68.6 Å². The summed E-state index contributed by atoms with van der Waals surface area (Å²) < 4.78 is 11.3. The van der Waals surface area contributed by atoms with Crippen molar-refractivity contribution in [3.05, 3.63) is 0 Å². The molecule has 0 aromatic rings. The summed E-state index contributed by atoms with van der Waals surface area (Å²) in [5, 5.41) is 0. The van der Waals surface area contributed by atoms with Crippen molar-refractivity contribution in [3.63, 3.8) is 0 Å². The largest absolute Gasteiger partial charge is 0.462 e. The van der Waals surface area contributed by atoms with Gasteiger partial charge in [0.2, 0.25) is 0 Å². The highest BCUT2D eigenvalue weighted by molar-refractivity contribution is 5.70. The molecule has 4 nitrogen and oxygen atoms in total. The van der Waals surface area contributed by atoms with E-state index in [4.69, 9.17) is 9.47 Å². The molecule has 0 radical (unpaired) electrons. The van der Waals surface area contributed by atoms with Gasteiger partial charge in [-0.25, -0.2) is 0 Å². The number of carbonyl (C=O) groups is 2. The molecule has 0 unspecified atom stereocenters. The summed E-state index contributed by atoms with van der Waals surface area (Å²) in [6.07, 6.45) is 8.65. The first-order chi connectivity index (χ1) is 11.0. The van der Waals surface area contributed by atoms with Gasteiger partial charge < -0.3 is 9.47 Å². The first kappa shape index (κ1) is 15.5. The third kappa shape index (κ3) is 2.40. The van der Waals surface area contributed by atoms with Crippen LogP contribution in [-0.4, -0.2) is 24.1 Å². The standard InChI is InChI=1S/C19H28O4/c1-11(20)22-17-7-5-15-13-3-6-16-14(4-8-18(21)23-16)12(13)9-10-19(15,17)2/h12-17H,3-10H2,1-2H3/t12-,13+,14-,15-,16-,17-,19+/m1/s1. The molecule has 0 bridgehead atoms. The lowest BCUT2D eigenvalue weighted by atomic mass is 9.53. The molecule has 0 spiro atoms. The van der Waals surface area contributed by atoms with Gasteiger partial charge in [-0.2, -0.15) is 0 Å². The van der Waals surface area contributed by atoms with Crippen LogP contribution in [0, 0.1) is 29.1 Å². The molecule has 0 amide bonds. The van der Waals surface area contributed by atoms with E-state index in [0.717, 1.165) is 31.6 Å². The molecule has 23 heavy (non-hydrogen) atoms. The van der Waals surface area contributed by atoms with Crippen molar-refractivity contribution in [2.45, 2.75) is 77.4 Å². The molecule has 0 aromatic heterocycles. The highest BCUT2D eigenvalue weighted by Crippen LogP contribution is 2.61. The number of esters is 2. The molecule has 3 aliphatic carbocycles. The third-order valence-corrected chi connectivity index (χ3v) is 7.49. The van der Waals surface area contributed by atoms with Crippen LogP contribution >= 0.6 is 0 Å². The molecule has 1 saturated heterocycles. The Bertz CT molecular complexity index is 515. The Morgan fingerprint density at radius 3 is 2.70 bits per heavy atom. The van der Waals surface area contributed by atoms with E-state index in [9.17, 15) is 9.59 Å². The van der Waals surface area contributed by atoms with E-state index >= 15 is 0 Å². The summed E-state index contributed by atoms with van der Waals surface area (Å²) in [7, 11) is 0. The molecular formula is C19H28O4. The lowest BCUT2D eigenvalue weighted by Crippen LogP contribution is -2.52. The fraction of sp³-hybridized carbons (Fsp3) is 0.895. The van der Waals surface area contributed by atoms with Crippen LogP contribution in [-0.2, 0) is 19.1 Å². The number of hydrogen-bond donors (Lipinski definition) is 0. The molecule has 4 aliphatic rings. The lowest BCUT2D eigenvalue weighted by Gasteiger charge is -2.54. The zero-order valence-electron chi connectivity index (χ0n) is 14.3. The number of rotatable bonds is 1. The van der Waals surface area contributed by atoms with Crippen molar-refractivity contribution < 1.29 is 19.1 Å². The van der Waals surface area contributed by atoms with Crippen molar-refractivity contribution in [1.29, 1.82) is 0 Å². The third-order valence-electron chi connectivity index (χ3n) is 7.49. The molecule has 128 valence electrons. The van der Waals surface area contributed by atoms with Crippen LogP contribution in [0.4, 0.5) is 0 Å². The molecule has 4 heteroatoms. The number of carbonyl (C=O) groups excluding carboxylic acids is 2. The Kier molecular flexibility index (Phi) is 3.69. The summed E-state index contributed by atoms with van der Waals surface area (Å²) in [6, 6.07) is 0. The predicted octanol–water partition coefficient (Wildman–Crippen LogP) is 3.48. The summed E-state index contributed by atoms with van der Waals surface area (Å²) >= 11 is 0. The van der Waals surface area contributed by atoms with Gasteiger partial charge in [0.05, 0.1) is 0 Å². The second-order valence-corrected chi connectivity index (χ2v) is 8.46. The summed E-state index contributed by atoms with van der Waals surface area (Å²) in [5.41, 5.74) is 0.158. The molecule has 0 aromatic carbocycles. The van der Waals surface area contributed by atoms with Crippen molar-refractivity contribution in [1.82, 2.24) is 0 Å². The van der Waals surface area contributed by atoms with Gasteiger partial charge in [0.25, 0.3) is 0 Å². The molecule has 3 saturated carbocycles. The zero-order valence-corrected chi connectivity index (χ0v) is 14.3. The molecule has 4 fully saturated rings. The maximum Gasteiger partial charge on any atom is 0.306 e. The Hall–Kier alpha value is -1.06. The smallest absolute Gasteiger partial charge is 0.306 e. The fourth-order valence-corrected chi connectivity index (χ4v) is 6.51. The van der Waals surface area contributed by atoms with Crippen LogP contribution in [0.5, 0.6) is 0 Å². The monoisotopic (exact) mass is 320 g/mol. The van der Waals surface area contributed by atoms with Gasteiger partial charge in [-0.15, -0.1) is 0 Å². The molecular weight excluding hydrogens is 292 g/mol. The number of ether oxygens (including phenoxy) is 2. The lowest BCUT2D eigenvalue weighted by molar-refractivity contribution is -0.174. The van der Waals surface area contributed by atoms with Gasteiger partial charge in [0, 0.05) is 18.8 Å². The van der Waals surface area contributed by atoms with Crippen LogP contribution in [0.3, 0.4) is 0 Å². The van der Waals surface area contributed by atoms with Crippen molar-refractivity contribution in [2.75, 3.05) is 0 Å².